The summed E-state index contributed by atoms with van der Waals surface area (Å²) in [7, 11) is 0. The minimum Gasteiger partial charge on any atom is -0.494 e. The average Bonchev–Trinajstić information content (AvgIpc) is 2.92. The van der Waals surface area contributed by atoms with Crippen molar-refractivity contribution in [3.8, 4) is 5.75 Å². The van der Waals surface area contributed by atoms with Gasteiger partial charge in [0, 0.05) is 16.0 Å². The van der Waals surface area contributed by atoms with Crippen molar-refractivity contribution in [2.24, 2.45) is 0 Å². The van der Waals surface area contributed by atoms with Gasteiger partial charge in [0.05, 0.1) is 17.1 Å². The van der Waals surface area contributed by atoms with E-state index >= 15 is 0 Å². The van der Waals surface area contributed by atoms with Crippen LogP contribution in [0.25, 0.3) is 5.57 Å². The molecule has 1 heterocycles. The van der Waals surface area contributed by atoms with Gasteiger partial charge in [0.25, 0.3) is 11.8 Å². The summed E-state index contributed by atoms with van der Waals surface area (Å²) < 4.78 is 5.62. The molecule has 0 radical (unpaired) electrons. The second-order valence-electron chi connectivity index (χ2n) is 6.71. The quantitative estimate of drug-likeness (QED) is 0.567. The van der Waals surface area contributed by atoms with E-state index in [-0.39, 0.29) is 17.9 Å². The molecule has 0 unspecified atom stereocenters. The zero-order valence-corrected chi connectivity index (χ0v) is 17.6. The predicted octanol–water partition coefficient (Wildman–Crippen LogP) is 5.41. The number of carbonyl (C=O) groups excluding carboxylic acids is 2. The molecule has 6 heteroatoms. The van der Waals surface area contributed by atoms with Gasteiger partial charge in [0.1, 0.15) is 5.75 Å². The van der Waals surface area contributed by atoms with Crippen LogP contribution in [0, 0.1) is 0 Å². The number of rotatable bonds is 7. The van der Waals surface area contributed by atoms with Crippen molar-refractivity contribution >= 4 is 40.8 Å². The van der Waals surface area contributed by atoms with Crippen molar-refractivity contribution in [1.82, 2.24) is 4.90 Å². The van der Waals surface area contributed by atoms with Crippen molar-refractivity contribution in [3.05, 3.63) is 64.0 Å². The monoisotopic (exact) mass is 415 g/mol. The molecule has 0 spiro atoms. The predicted molar refractivity (Wildman–Crippen MR) is 113 cm³/mol. The van der Waals surface area contributed by atoms with E-state index in [0.29, 0.717) is 27.7 Å². The Kier molecular flexibility index (Phi) is 6.47. The molecule has 0 N–H and O–H groups in total. The number of hydrogen-bond donors (Lipinski definition) is 0. The Hall–Kier alpha value is -2.24. The molecule has 3 rings (SSSR count). The molecule has 28 heavy (non-hydrogen) atoms. The molecular weight excluding hydrogens is 394 g/mol. The van der Waals surface area contributed by atoms with Crippen molar-refractivity contribution < 1.29 is 14.3 Å². The topological polar surface area (TPSA) is 46.6 Å². The molecule has 1 aliphatic rings. The molecule has 2 aromatic rings. The largest absolute Gasteiger partial charge is 0.494 e. The standard InChI is InChI=1S/C22H22ClNO3S/c1-4-13-27-17-9-5-15(6-10-17)19-20(22(26)24(14(2)3)21(19)25)28-18-11-7-16(23)8-12-18/h5-12,14H,4,13H2,1-3H3. The van der Waals surface area contributed by atoms with Gasteiger partial charge in [-0.3, -0.25) is 14.5 Å². The lowest BCUT2D eigenvalue weighted by Crippen LogP contribution is -2.37. The van der Waals surface area contributed by atoms with Crippen LogP contribution in [0.5, 0.6) is 5.75 Å². The number of hydrogen-bond acceptors (Lipinski definition) is 4. The van der Waals surface area contributed by atoms with Crippen LogP contribution in [0.2, 0.25) is 5.02 Å². The van der Waals surface area contributed by atoms with Crippen molar-refractivity contribution in [3.63, 3.8) is 0 Å². The number of ether oxygens (including phenoxy) is 1. The van der Waals surface area contributed by atoms with Crippen molar-refractivity contribution in [2.75, 3.05) is 6.61 Å². The molecule has 0 bridgehead atoms. The first-order valence-electron chi connectivity index (χ1n) is 9.21. The number of imide groups is 1. The molecular formula is C22H22ClNO3S. The van der Waals surface area contributed by atoms with Crippen LogP contribution in [-0.4, -0.2) is 29.4 Å². The maximum atomic E-state index is 13.1. The fraction of sp³-hybridized carbons (Fsp3) is 0.273. The Morgan fingerprint density at radius 2 is 1.64 bits per heavy atom. The molecule has 0 aromatic heterocycles. The summed E-state index contributed by atoms with van der Waals surface area (Å²) in [5, 5.41) is 0.624. The lowest BCUT2D eigenvalue weighted by atomic mass is 10.1. The average molecular weight is 416 g/mol. The van der Waals surface area contributed by atoms with Crippen molar-refractivity contribution in [1.29, 1.82) is 0 Å². The number of benzene rings is 2. The number of nitrogens with zero attached hydrogens (tertiary/aromatic N) is 1. The smallest absolute Gasteiger partial charge is 0.268 e. The Morgan fingerprint density at radius 3 is 2.21 bits per heavy atom. The van der Waals surface area contributed by atoms with Gasteiger partial charge in [-0.2, -0.15) is 0 Å². The maximum Gasteiger partial charge on any atom is 0.268 e. The van der Waals surface area contributed by atoms with Crippen LogP contribution in [0.1, 0.15) is 32.8 Å². The van der Waals surface area contributed by atoms with Crippen LogP contribution in [0.4, 0.5) is 0 Å². The summed E-state index contributed by atoms with van der Waals surface area (Å²) in [6, 6.07) is 14.3. The number of thioether (sulfide) groups is 1. The molecule has 0 saturated carbocycles. The molecule has 0 saturated heterocycles. The third-order valence-electron chi connectivity index (χ3n) is 4.24. The normalized spacial score (nSPS) is 14.4. The molecule has 146 valence electrons. The third-order valence-corrected chi connectivity index (χ3v) is 5.58. The number of carbonyl (C=O) groups is 2. The Labute approximate surface area is 174 Å². The molecule has 2 aromatic carbocycles. The van der Waals surface area contributed by atoms with E-state index in [4.69, 9.17) is 16.3 Å². The summed E-state index contributed by atoms with van der Waals surface area (Å²) in [5.41, 5.74) is 1.14. The summed E-state index contributed by atoms with van der Waals surface area (Å²) in [6.45, 7) is 6.36. The lowest BCUT2D eigenvalue weighted by molar-refractivity contribution is -0.138. The summed E-state index contributed by atoms with van der Waals surface area (Å²) >= 11 is 7.25. The summed E-state index contributed by atoms with van der Waals surface area (Å²) in [5.74, 6) is 0.218. The second kappa shape index (κ2) is 8.84. The zero-order chi connectivity index (χ0) is 20.3. The highest BCUT2D eigenvalue weighted by atomic mass is 35.5. The van der Waals surface area contributed by atoms with Gasteiger partial charge < -0.3 is 4.74 Å². The highest BCUT2D eigenvalue weighted by Crippen LogP contribution is 2.40. The van der Waals surface area contributed by atoms with Crippen LogP contribution in [-0.2, 0) is 9.59 Å². The van der Waals surface area contributed by atoms with E-state index in [1.54, 1.807) is 12.1 Å². The van der Waals surface area contributed by atoms with E-state index in [1.165, 1.54) is 16.7 Å². The first-order valence-corrected chi connectivity index (χ1v) is 10.4. The van der Waals surface area contributed by atoms with Gasteiger partial charge in [-0.05, 0) is 62.2 Å². The Balaban J connectivity index is 2.00. The van der Waals surface area contributed by atoms with Crippen LogP contribution >= 0.6 is 23.4 Å². The van der Waals surface area contributed by atoms with Gasteiger partial charge in [0.2, 0.25) is 0 Å². The molecule has 4 nitrogen and oxygen atoms in total. The van der Waals surface area contributed by atoms with E-state index in [2.05, 4.69) is 0 Å². The SMILES string of the molecule is CCCOc1ccc(C2=C(Sc3ccc(Cl)cc3)C(=O)N(C(C)C)C2=O)cc1. The first-order chi connectivity index (χ1) is 13.4. The van der Waals surface area contributed by atoms with E-state index in [1.807, 2.05) is 57.2 Å². The fourth-order valence-electron chi connectivity index (χ4n) is 2.90. The van der Waals surface area contributed by atoms with Gasteiger partial charge in [-0.25, -0.2) is 0 Å². The molecule has 0 atom stereocenters. The van der Waals surface area contributed by atoms with Gasteiger partial charge in [-0.1, -0.05) is 42.4 Å². The highest BCUT2D eigenvalue weighted by molar-refractivity contribution is 8.04. The molecule has 1 aliphatic heterocycles. The molecule has 0 aliphatic carbocycles. The zero-order valence-electron chi connectivity index (χ0n) is 16.1. The minimum absolute atomic E-state index is 0.217. The second-order valence-corrected chi connectivity index (χ2v) is 8.23. The van der Waals surface area contributed by atoms with Crippen LogP contribution < -0.4 is 4.74 Å². The Bertz CT molecular complexity index is 904. The van der Waals surface area contributed by atoms with E-state index in [0.717, 1.165) is 17.1 Å². The first kappa shape index (κ1) is 20.5. The Morgan fingerprint density at radius 1 is 1.00 bits per heavy atom. The van der Waals surface area contributed by atoms with E-state index < -0.39 is 0 Å². The summed E-state index contributed by atoms with van der Waals surface area (Å²) in [6.07, 6.45) is 0.922. The number of amides is 2. The van der Waals surface area contributed by atoms with Crippen LogP contribution in [0.15, 0.2) is 58.3 Å². The fourth-order valence-corrected chi connectivity index (χ4v) is 4.03. The molecule has 2 amide bonds. The van der Waals surface area contributed by atoms with E-state index in [9.17, 15) is 9.59 Å². The highest BCUT2D eigenvalue weighted by Gasteiger charge is 2.40. The van der Waals surface area contributed by atoms with Crippen LogP contribution in [0.3, 0.4) is 0 Å². The molecule has 0 fully saturated rings. The van der Waals surface area contributed by atoms with Crippen molar-refractivity contribution in [2.45, 2.75) is 38.1 Å². The number of halogens is 1. The van der Waals surface area contributed by atoms with Gasteiger partial charge >= 0.3 is 0 Å². The minimum atomic E-state index is -0.265. The summed E-state index contributed by atoms with van der Waals surface area (Å²) in [4.78, 5) is 28.6. The third kappa shape index (κ3) is 4.26. The van der Waals surface area contributed by atoms with Gasteiger partial charge in [0.15, 0.2) is 0 Å². The lowest BCUT2D eigenvalue weighted by Gasteiger charge is -2.19. The van der Waals surface area contributed by atoms with Gasteiger partial charge in [-0.15, -0.1) is 0 Å². The maximum absolute atomic E-state index is 13.1.